The zero-order valence-corrected chi connectivity index (χ0v) is 27.5. The van der Waals surface area contributed by atoms with Gasteiger partial charge in [0.1, 0.15) is 6.10 Å². The Morgan fingerprint density at radius 2 is 1.87 bits per heavy atom. The maximum atomic E-state index is 12.6. The van der Waals surface area contributed by atoms with Crippen LogP contribution >= 0.6 is 0 Å². The number of hydrogen-bond donors (Lipinski definition) is 3. The number of epoxide rings is 1. The predicted molar refractivity (Wildman–Crippen MR) is 171 cm³/mol. The fourth-order valence-electron chi connectivity index (χ4n) is 6.42. The highest BCUT2D eigenvalue weighted by atomic mass is 16.6. The van der Waals surface area contributed by atoms with Gasteiger partial charge in [-0.1, -0.05) is 30.7 Å². The summed E-state index contributed by atoms with van der Waals surface area (Å²) in [4.78, 5) is 38.9. The molecule has 3 amide bonds. The van der Waals surface area contributed by atoms with E-state index in [1.54, 1.807) is 17.9 Å². The van der Waals surface area contributed by atoms with Crippen molar-refractivity contribution in [3.8, 4) is 0 Å². The number of ether oxygens (including phenoxy) is 4. The lowest BCUT2D eigenvalue weighted by molar-refractivity contribution is -0.127. The van der Waals surface area contributed by atoms with Crippen LogP contribution < -0.4 is 16.4 Å². The van der Waals surface area contributed by atoms with Crippen LogP contribution in [0, 0.1) is 5.92 Å². The predicted octanol–water partition coefficient (Wildman–Crippen LogP) is 3.53. The molecule has 252 valence electrons. The highest BCUT2D eigenvalue weighted by Gasteiger charge is 2.51. The molecule has 4 aliphatic heterocycles. The van der Waals surface area contributed by atoms with Crippen LogP contribution in [0.4, 0.5) is 4.79 Å². The molecule has 4 N–H and O–H groups in total. The summed E-state index contributed by atoms with van der Waals surface area (Å²) in [5.74, 6) is -0.00578. The van der Waals surface area contributed by atoms with Gasteiger partial charge in [0, 0.05) is 45.1 Å². The average Bonchev–Trinajstić information content (AvgIpc) is 3.76. The van der Waals surface area contributed by atoms with Crippen molar-refractivity contribution in [1.29, 1.82) is 0 Å². The van der Waals surface area contributed by atoms with Gasteiger partial charge in [0.15, 0.2) is 0 Å². The maximum absolute atomic E-state index is 12.6. The molecule has 0 saturated carbocycles. The first-order valence-corrected chi connectivity index (χ1v) is 16.8. The molecule has 0 aromatic rings. The number of rotatable bonds is 12. The van der Waals surface area contributed by atoms with Crippen molar-refractivity contribution in [1.82, 2.24) is 15.5 Å². The monoisotopic (exact) mass is 630 g/mol. The Labute approximate surface area is 268 Å². The fraction of sp³-hybridized carbons (Fsp3) is 0.735. The molecule has 45 heavy (non-hydrogen) atoms. The first-order chi connectivity index (χ1) is 21.6. The summed E-state index contributed by atoms with van der Waals surface area (Å²) in [7, 11) is 0. The van der Waals surface area contributed by atoms with Crippen LogP contribution in [0.15, 0.2) is 36.0 Å². The second-order valence-corrected chi connectivity index (χ2v) is 13.3. The zero-order chi connectivity index (χ0) is 32.4. The molecule has 0 aromatic carbocycles. The van der Waals surface area contributed by atoms with Crippen LogP contribution in [0.2, 0.25) is 0 Å². The van der Waals surface area contributed by atoms with Gasteiger partial charge in [-0.15, -0.1) is 0 Å². The maximum Gasteiger partial charge on any atom is 0.410 e. The number of carbonyl (C=O) groups excluding carboxylic acids is 3. The molecule has 11 heteroatoms. The number of nitrogens with two attached hydrogens (primary N) is 1. The van der Waals surface area contributed by atoms with Crippen LogP contribution in [0.25, 0.3) is 0 Å². The molecule has 0 aliphatic carbocycles. The number of carbonyl (C=O) groups is 3. The zero-order valence-electron chi connectivity index (χ0n) is 27.5. The van der Waals surface area contributed by atoms with E-state index in [9.17, 15) is 14.4 Å². The highest BCUT2D eigenvalue weighted by Crippen LogP contribution is 2.43. The Kier molecular flexibility index (Phi) is 13.1. The van der Waals surface area contributed by atoms with Crippen molar-refractivity contribution >= 4 is 17.9 Å². The number of piperidine rings is 1. The fourth-order valence-corrected chi connectivity index (χ4v) is 6.42. The minimum absolute atomic E-state index is 0.0449. The third-order valence-electron chi connectivity index (χ3n) is 9.18. The van der Waals surface area contributed by atoms with Crippen LogP contribution in [0.1, 0.15) is 79.1 Å². The minimum atomic E-state index is -0.486. The molecule has 4 heterocycles. The Hall–Kier alpha value is -2.73. The minimum Gasteiger partial charge on any atom is -0.442 e. The first-order valence-electron chi connectivity index (χ1n) is 16.8. The van der Waals surface area contributed by atoms with Gasteiger partial charge < -0.3 is 40.2 Å². The molecule has 0 bridgehead atoms. The normalized spacial score (nSPS) is 32.9. The van der Waals surface area contributed by atoms with Crippen molar-refractivity contribution < 1.29 is 33.3 Å². The molecule has 8 atom stereocenters. The molecule has 0 aromatic heterocycles. The Morgan fingerprint density at radius 1 is 1.11 bits per heavy atom. The van der Waals surface area contributed by atoms with Crippen molar-refractivity contribution in [3.05, 3.63) is 36.0 Å². The molecule has 1 spiro atoms. The van der Waals surface area contributed by atoms with Gasteiger partial charge in [0.25, 0.3) is 0 Å². The van der Waals surface area contributed by atoms with E-state index in [0.717, 1.165) is 70.2 Å². The average molecular weight is 631 g/mol. The molecule has 0 radical (unpaired) electrons. The summed E-state index contributed by atoms with van der Waals surface area (Å²) in [6.45, 7) is 11.0. The Bertz CT molecular complexity index is 1100. The lowest BCUT2D eigenvalue weighted by atomic mass is 9.88. The van der Waals surface area contributed by atoms with E-state index in [4.69, 9.17) is 24.7 Å². The van der Waals surface area contributed by atoms with E-state index in [1.807, 2.05) is 6.92 Å². The van der Waals surface area contributed by atoms with Gasteiger partial charge >= 0.3 is 6.09 Å². The van der Waals surface area contributed by atoms with Crippen LogP contribution in [0.3, 0.4) is 0 Å². The number of hydrogen-bond acceptors (Lipinski definition) is 8. The SMILES string of the molecule is CC(/C=C/[C@@H]1C[C@]2(CO2)C[C@@H](CC(=O)NCCN)O1)=C\C[C@@H]1O[C@H](C)[C@H](NC(=O)/C=C\[C@H](C)OC(=O)N2CCCCC2)C[C@@H]1C. The third-order valence-corrected chi connectivity index (χ3v) is 9.18. The van der Waals surface area contributed by atoms with Crippen molar-refractivity contribution in [2.45, 2.75) is 121 Å². The topological polar surface area (TPSA) is 145 Å². The summed E-state index contributed by atoms with van der Waals surface area (Å²) >= 11 is 0. The lowest BCUT2D eigenvalue weighted by Crippen LogP contribution is -2.50. The summed E-state index contributed by atoms with van der Waals surface area (Å²) < 4.78 is 23.8. The Morgan fingerprint density at radius 3 is 2.58 bits per heavy atom. The smallest absolute Gasteiger partial charge is 0.410 e. The number of nitrogens with zero attached hydrogens (tertiary/aromatic N) is 1. The van der Waals surface area contributed by atoms with Crippen LogP contribution in [-0.4, -0.2) is 97.8 Å². The molecule has 11 nitrogen and oxygen atoms in total. The summed E-state index contributed by atoms with van der Waals surface area (Å²) in [5.41, 5.74) is 6.45. The molecule has 0 unspecified atom stereocenters. The molecular formula is C34H54N4O7. The lowest BCUT2D eigenvalue weighted by Gasteiger charge is -2.39. The van der Waals surface area contributed by atoms with Crippen molar-refractivity contribution in [2.75, 3.05) is 32.8 Å². The number of likely N-dealkylation sites (tertiary alicyclic amines) is 1. The van der Waals surface area contributed by atoms with Crippen molar-refractivity contribution in [3.63, 3.8) is 0 Å². The van der Waals surface area contributed by atoms with Crippen LogP contribution in [-0.2, 0) is 28.5 Å². The van der Waals surface area contributed by atoms with Crippen molar-refractivity contribution in [2.24, 2.45) is 11.7 Å². The van der Waals surface area contributed by atoms with Gasteiger partial charge in [0.2, 0.25) is 11.8 Å². The number of nitrogens with one attached hydrogen (secondary N) is 2. The second-order valence-electron chi connectivity index (χ2n) is 13.3. The standard InChI is InChI=1S/C34H54N4O7/c1-23(8-11-27-20-34(22-42-34)21-28(45-27)19-32(40)36-15-14-35)9-12-30-24(2)18-29(26(4)44-30)37-31(39)13-10-25(3)43-33(41)38-16-6-5-7-17-38/h8-11,13,24-30H,5-7,12,14-22,35H2,1-4H3,(H,36,40)(H,37,39)/b11-8+,13-10-,23-9+/t24-,25-,26+,27+,28+,29+,30-,34+/m0/s1. The number of allylic oxidation sites excluding steroid dienone is 2. The summed E-state index contributed by atoms with van der Waals surface area (Å²) in [5, 5.41) is 5.89. The second kappa shape index (κ2) is 16.7. The molecular weight excluding hydrogens is 576 g/mol. The van der Waals surface area contributed by atoms with Gasteiger partial charge in [-0.2, -0.15) is 0 Å². The van der Waals surface area contributed by atoms with E-state index in [1.165, 1.54) is 6.08 Å². The van der Waals surface area contributed by atoms with E-state index in [0.29, 0.717) is 19.5 Å². The van der Waals surface area contributed by atoms with Gasteiger partial charge in [-0.05, 0) is 64.9 Å². The molecule has 4 fully saturated rings. The van der Waals surface area contributed by atoms with E-state index in [-0.39, 0.29) is 59.9 Å². The van der Waals surface area contributed by atoms with E-state index in [2.05, 4.69) is 42.7 Å². The molecule has 4 aliphatic rings. The summed E-state index contributed by atoms with van der Waals surface area (Å²) in [6, 6.07) is -0.102. The first kappa shape index (κ1) is 35.1. The highest BCUT2D eigenvalue weighted by molar-refractivity contribution is 5.87. The van der Waals surface area contributed by atoms with Gasteiger partial charge in [0.05, 0.1) is 49.1 Å². The van der Waals surface area contributed by atoms with Gasteiger partial charge in [-0.3, -0.25) is 9.59 Å². The third kappa shape index (κ3) is 11.2. The Balaban J connectivity index is 1.19. The number of amides is 3. The van der Waals surface area contributed by atoms with E-state index >= 15 is 0 Å². The molecule has 4 rings (SSSR count). The quantitative estimate of drug-likeness (QED) is 0.169. The van der Waals surface area contributed by atoms with Gasteiger partial charge in [-0.25, -0.2) is 4.79 Å². The molecule has 4 saturated heterocycles. The van der Waals surface area contributed by atoms with Crippen LogP contribution in [0.5, 0.6) is 0 Å². The van der Waals surface area contributed by atoms with E-state index < -0.39 is 6.10 Å². The largest absolute Gasteiger partial charge is 0.442 e. The summed E-state index contributed by atoms with van der Waals surface area (Å²) in [6.07, 6.45) is 14.8.